The van der Waals surface area contributed by atoms with Crippen molar-refractivity contribution in [3.63, 3.8) is 0 Å². The molecule has 0 spiro atoms. The molecule has 0 aromatic heterocycles. The molecule has 68 valence electrons. The quantitative estimate of drug-likeness (QED) is 0.374. The predicted molar refractivity (Wildman–Crippen MR) is 40.7 cm³/mol. The zero-order valence-corrected chi connectivity index (χ0v) is 6.93. The molecular formula is C8H10F2O2. The van der Waals surface area contributed by atoms with Crippen LogP contribution in [0, 0.1) is 0 Å². The van der Waals surface area contributed by atoms with Crippen LogP contribution < -0.4 is 0 Å². The zero-order valence-electron chi connectivity index (χ0n) is 6.93. The van der Waals surface area contributed by atoms with Crippen LogP contribution in [0.2, 0.25) is 0 Å². The maximum absolute atomic E-state index is 11.6. The second-order valence-electron chi connectivity index (χ2n) is 2.28. The lowest BCUT2D eigenvalue weighted by molar-refractivity contribution is -0.134. The molecule has 0 unspecified atom stereocenters. The van der Waals surface area contributed by atoms with E-state index in [1.54, 1.807) is 0 Å². The molecule has 0 aromatic rings. The van der Waals surface area contributed by atoms with Crippen molar-refractivity contribution < 1.29 is 18.3 Å². The summed E-state index contributed by atoms with van der Waals surface area (Å²) in [4.78, 5) is 10.7. The van der Waals surface area contributed by atoms with E-state index >= 15 is 0 Å². The molecule has 12 heavy (non-hydrogen) atoms. The van der Waals surface area contributed by atoms with Gasteiger partial charge in [0.05, 0.1) is 0 Å². The minimum atomic E-state index is -2.61. The maximum Gasteiger partial charge on any atom is 0.338 e. The summed E-state index contributed by atoms with van der Waals surface area (Å²) in [7, 11) is 0. The van der Waals surface area contributed by atoms with E-state index in [1.807, 2.05) is 0 Å². The number of halogens is 2. The predicted octanol–water partition coefficient (Wildman–Crippen LogP) is 2.27. The van der Waals surface area contributed by atoms with Gasteiger partial charge in [-0.3, -0.25) is 0 Å². The van der Waals surface area contributed by atoms with Gasteiger partial charge in [-0.2, -0.15) is 0 Å². The number of carbonyl (C=O) groups excluding carboxylic acids is 1. The van der Waals surface area contributed by atoms with Gasteiger partial charge >= 0.3 is 5.97 Å². The Morgan fingerprint density at radius 3 is 2.33 bits per heavy atom. The number of alkyl halides is 2. The van der Waals surface area contributed by atoms with Crippen LogP contribution in [-0.4, -0.2) is 12.4 Å². The monoisotopic (exact) mass is 176 g/mol. The molecule has 0 aliphatic heterocycles. The van der Waals surface area contributed by atoms with Crippen LogP contribution in [0.4, 0.5) is 8.78 Å². The summed E-state index contributed by atoms with van der Waals surface area (Å²) in [6, 6.07) is 0. The number of hydrogen-bond donors (Lipinski definition) is 0. The number of hydrogen-bond acceptors (Lipinski definition) is 2. The second-order valence-corrected chi connectivity index (χ2v) is 2.28. The van der Waals surface area contributed by atoms with E-state index in [0.717, 1.165) is 0 Å². The summed E-state index contributed by atoms with van der Waals surface area (Å²) >= 11 is 0. The SMILES string of the molecule is C=C(C)C(=O)OC(C)=CC(F)F. The van der Waals surface area contributed by atoms with E-state index in [0.29, 0.717) is 6.08 Å². The summed E-state index contributed by atoms with van der Waals surface area (Å²) < 4.78 is 27.8. The topological polar surface area (TPSA) is 26.3 Å². The fraction of sp³-hybridized carbons (Fsp3) is 0.375. The van der Waals surface area contributed by atoms with Gasteiger partial charge in [-0.05, 0) is 13.8 Å². The van der Waals surface area contributed by atoms with E-state index < -0.39 is 12.4 Å². The Labute approximate surface area is 69.5 Å². The van der Waals surface area contributed by atoms with E-state index in [4.69, 9.17) is 0 Å². The first-order valence-electron chi connectivity index (χ1n) is 3.27. The highest BCUT2D eigenvalue weighted by atomic mass is 19.3. The van der Waals surface area contributed by atoms with Crippen molar-refractivity contribution >= 4 is 5.97 Å². The molecule has 0 aliphatic carbocycles. The van der Waals surface area contributed by atoms with Crippen LogP contribution in [0.1, 0.15) is 13.8 Å². The lowest BCUT2D eigenvalue weighted by atomic mass is 10.3. The first-order chi connectivity index (χ1) is 5.43. The number of rotatable bonds is 3. The van der Waals surface area contributed by atoms with Crippen molar-refractivity contribution in [3.8, 4) is 0 Å². The lowest BCUT2D eigenvalue weighted by Crippen LogP contribution is -2.03. The second kappa shape index (κ2) is 4.64. The average Bonchev–Trinajstić information content (AvgIpc) is 1.84. The molecule has 0 fully saturated rings. The minimum absolute atomic E-state index is 0.113. The van der Waals surface area contributed by atoms with E-state index in [9.17, 15) is 13.6 Å². The summed E-state index contributed by atoms with van der Waals surface area (Å²) in [5.41, 5.74) is 0.178. The van der Waals surface area contributed by atoms with Gasteiger partial charge in [0.15, 0.2) is 0 Å². The molecule has 0 bridgehead atoms. The Kier molecular flexibility index (Phi) is 4.18. The molecular weight excluding hydrogens is 166 g/mol. The van der Waals surface area contributed by atoms with Crippen LogP contribution in [0.3, 0.4) is 0 Å². The van der Waals surface area contributed by atoms with Crippen molar-refractivity contribution in [3.05, 3.63) is 24.0 Å². The Balaban J connectivity index is 4.09. The number of allylic oxidation sites excluding steroid dienone is 2. The Morgan fingerprint density at radius 1 is 1.50 bits per heavy atom. The molecule has 2 nitrogen and oxygen atoms in total. The third-order valence-corrected chi connectivity index (χ3v) is 0.963. The molecule has 0 atom stereocenters. The smallest absolute Gasteiger partial charge is 0.338 e. The van der Waals surface area contributed by atoms with Gasteiger partial charge in [0.25, 0.3) is 6.43 Å². The lowest BCUT2D eigenvalue weighted by Gasteiger charge is -2.02. The van der Waals surface area contributed by atoms with Crippen molar-refractivity contribution in [2.75, 3.05) is 0 Å². The van der Waals surface area contributed by atoms with Crippen molar-refractivity contribution in [1.82, 2.24) is 0 Å². The molecule has 0 heterocycles. The molecule has 0 rings (SSSR count). The third kappa shape index (κ3) is 4.60. The molecule has 0 N–H and O–H groups in total. The Morgan fingerprint density at radius 2 is 2.00 bits per heavy atom. The molecule has 0 aliphatic rings. The summed E-state index contributed by atoms with van der Waals surface area (Å²) in [5.74, 6) is -0.803. The zero-order chi connectivity index (χ0) is 9.72. The van der Waals surface area contributed by atoms with Gasteiger partial charge in [0, 0.05) is 11.6 Å². The standard InChI is InChI=1S/C8H10F2O2/c1-5(2)8(11)12-6(3)4-7(9)10/h4,7H,1H2,2-3H3. The highest BCUT2D eigenvalue weighted by Gasteiger charge is 2.05. The summed E-state index contributed by atoms with van der Waals surface area (Å²) in [6.45, 7) is 6.03. The fourth-order valence-corrected chi connectivity index (χ4v) is 0.445. The van der Waals surface area contributed by atoms with Crippen LogP contribution in [0.15, 0.2) is 24.0 Å². The van der Waals surface area contributed by atoms with Gasteiger partial charge in [0.2, 0.25) is 0 Å². The Hall–Kier alpha value is -1.19. The molecule has 0 saturated heterocycles. The van der Waals surface area contributed by atoms with Crippen LogP contribution >= 0.6 is 0 Å². The Bertz CT molecular complexity index is 219. The van der Waals surface area contributed by atoms with Gasteiger partial charge in [-0.1, -0.05) is 6.58 Å². The van der Waals surface area contributed by atoms with E-state index in [1.165, 1.54) is 13.8 Å². The summed E-state index contributed by atoms with van der Waals surface area (Å²) in [5, 5.41) is 0. The van der Waals surface area contributed by atoms with Gasteiger partial charge in [-0.15, -0.1) is 0 Å². The molecule has 0 saturated carbocycles. The average molecular weight is 176 g/mol. The first kappa shape index (κ1) is 10.8. The van der Waals surface area contributed by atoms with Crippen LogP contribution in [-0.2, 0) is 9.53 Å². The van der Waals surface area contributed by atoms with Crippen molar-refractivity contribution in [2.45, 2.75) is 20.3 Å². The highest BCUT2D eigenvalue weighted by molar-refractivity contribution is 5.87. The van der Waals surface area contributed by atoms with E-state index in [-0.39, 0.29) is 11.3 Å². The fourth-order valence-electron chi connectivity index (χ4n) is 0.445. The molecule has 0 radical (unpaired) electrons. The normalized spacial score (nSPS) is 11.6. The number of esters is 1. The van der Waals surface area contributed by atoms with Crippen molar-refractivity contribution in [1.29, 1.82) is 0 Å². The third-order valence-electron chi connectivity index (χ3n) is 0.963. The van der Waals surface area contributed by atoms with Gasteiger partial charge < -0.3 is 4.74 Å². The van der Waals surface area contributed by atoms with Gasteiger partial charge in [-0.25, -0.2) is 13.6 Å². The van der Waals surface area contributed by atoms with E-state index in [2.05, 4.69) is 11.3 Å². The molecule has 4 heteroatoms. The molecule has 0 amide bonds. The first-order valence-corrected chi connectivity index (χ1v) is 3.27. The maximum atomic E-state index is 11.6. The minimum Gasteiger partial charge on any atom is -0.428 e. The van der Waals surface area contributed by atoms with Gasteiger partial charge in [0.1, 0.15) is 5.76 Å². The number of carbonyl (C=O) groups is 1. The highest BCUT2D eigenvalue weighted by Crippen LogP contribution is 2.05. The largest absolute Gasteiger partial charge is 0.428 e. The summed E-state index contributed by atoms with van der Waals surface area (Å²) in [6.07, 6.45) is -2.05. The molecule has 0 aromatic carbocycles. The van der Waals surface area contributed by atoms with Crippen LogP contribution in [0.5, 0.6) is 0 Å². The van der Waals surface area contributed by atoms with Crippen LogP contribution in [0.25, 0.3) is 0 Å². The van der Waals surface area contributed by atoms with Crippen molar-refractivity contribution in [2.24, 2.45) is 0 Å². The number of ether oxygens (including phenoxy) is 1.